The summed E-state index contributed by atoms with van der Waals surface area (Å²) < 4.78 is 2.17. The largest absolute Gasteiger partial charge is 0.352 e. The molecular formula is C23H28ClN5. The van der Waals surface area contributed by atoms with Crippen LogP contribution in [0.15, 0.2) is 48.8 Å². The second kappa shape index (κ2) is 8.56. The van der Waals surface area contributed by atoms with Crippen molar-refractivity contribution in [1.29, 1.82) is 0 Å². The highest BCUT2D eigenvalue weighted by atomic mass is 35.5. The monoisotopic (exact) mass is 409 g/mol. The van der Waals surface area contributed by atoms with Crippen LogP contribution < -0.4 is 4.90 Å². The number of halogens is 1. The first-order chi connectivity index (χ1) is 14.0. The molecule has 3 aromatic rings. The van der Waals surface area contributed by atoms with Crippen molar-refractivity contribution in [2.75, 3.05) is 25.5 Å². The van der Waals surface area contributed by atoms with Crippen molar-refractivity contribution in [1.82, 2.24) is 19.4 Å². The number of hydrogen-bond donors (Lipinski definition) is 0. The Hall–Kier alpha value is -2.37. The third-order valence-corrected chi connectivity index (χ3v) is 5.55. The molecule has 1 fully saturated rings. The van der Waals surface area contributed by atoms with Crippen LogP contribution in [0.4, 0.5) is 5.82 Å². The molecule has 0 radical (unpaired) electrons. The summed E-state index contributed by atoms with van der Waals surface area (Å²) in [5.74, 6) is 2.80. The maximum Gasteiger partial charge on any atom is 0.133 e. The van der Waals surface area contributed by atoms with E-state index in [4.69, 9.17) is 16.6 Å². The zero-order valence-electron chi connectivity index (χ0n) is 17.3. The lowest BCUT2D eigenvalue weighted by Crippen LogP contribution is -2.21. The van der Waals surface area contributed by atoms with Crippen LogP contribution >= 0.6 is 11.6 Å². The molecule has 29 heavy (non-hydrogen) atoms. The van der Waals surface area contributed by atoms with E-state index in [1.54, 1.807) is 0 Å². The molecule has 2 aromatic heterocycles. The van der Waals surface area contributed by atoms with Gasteiger partial charge in [0, 0.05) is 43.2 Å². The van der Waals surface area contributed by atoms with Gasteiger partial charge in [0.25, 0.3) is 0 Å². The lowest BCUT2D eigenvalue weighted by Gasteiger charge is -2.18. The van der Waals surface area contributed by atoms with Gasteiger partial charge in [0.05, 0.1) is 12.2 Å². The molecule has 2 heterocycles. The number of nitrogens with zero attached hydrogens (tertiary/aromatic N) is 5. The summed E-state index contributed by atoms with van der Waals surface area (Å²) in [6.45, 7) is 4.73. The zero-order chi connectivity index (χ0) is 20.4. The molecule has 1 aromatic carbocycles. The van der Waals surface area contributed by atoms with Gasteiger partial charge in [0.2, 0.25) is 0 Å². The molecule has 0 spiro atoms. The molecule has 0 saturated heterocycles. The molecule has 5 nitrogen and oxygen atoms in total. The van der Waals surface area contributed by atoms with E-state index in [1.807, 2.05) is 30.5 Å². The Labute approximate surface area is 178 Å². The minimum atomic E-state index is 0.672. The Morgan fingerprint density at radius 3 is 2.48 bits per heavy atom. The fourth-order valence-corrected chi connectivity index (χ4v) is 3.67. The maximum atomic E-state index is 6.10. The van der Waals surface area contributed by atoms with Crippen LogP contribution in [-0.4, -0.2) is 40.1 Å². The second-order valence-electron chi connectivity index (χ2n) is 8.18. The van der Waals surface area contributed by atoms with E-state index >= 15 is 0 Å². The van der Waals surface area contributed by atoms with Gasteiger partial charge in [0.1, 0.15) is 11.6 Å². The van der Waals surface area contributed by atoms with Gasteiger partial charge in [0.15, 0.2) is 0 Å². The van der Waals surface area contributed by atoms with Crippen LogP contribution in [0.1, 0.15) is 29.9 Å². The standard InChI is InChI=1S/C23H28ClN5/c1-17-4-11-22(25-12-17)28(3)16-23-26-20(14-27(2)13-18-5-6-18)15-29(23)21-9-7-19(24)8-10-21/h4,7-12,15,18H,5-6,13-14,16H2,1-3H3. The summed E-state index contributed by atoms with van der Waals surface area (Å²) in [4.78, 5) is 14.0. The highest BCUT2D eigenvalue weighted by Crippen LogP contribution is 2.29. The van der Waals surface area contributed by atoms with Crippen LogP contribution in [0, 0.1) is 12.8 Å². The third kappa shape index (κ3) is 5.17. The number of hydrogen-bond acceptors (Lipinski definition) is 4. The van der Waals surface area contributed by atoms with Crippen LogP contribution in [0.2, 0.25) is 5.02 Å². The number of imidazole rings is 1. The van der Waals surface area contributed by atoms with Crippen molar-refractivity contribution in [3.63, 3.8) is 0 Å². The van der Waals surface area contributed by atoms with Crippen LogP contribution in [0.3, 0.4) is 0 Å². The van der Waals surface area contributed by atoms with Gasteiger partial charge < -0.3 is 14.4 Å². The first kappa shape index (κ1) is 19.9. The SMILES string of the molecule is Cc1ccc(N(C)Cc2nc(CN(C)CC3CC3)cn2-c2ccc(Cl)cc2)nc1. The molecule has 0 bridgehead atoms. The summed E-state index contributed by atoms with van der Waals surface area (Å²) >= 11 is 6.10. The van der Waals surface area contributed by atoms with Gasteiger partial charge in [-0.15, -0.1) is 0 Å². The van der Waals surface area contributed by atoms with Crippen LogP contribution in [0.25, 0.3) is 5.69 Å². The smallest absolute Gasteiger partial charge is 0.133 e. The fraction of sp³-hybridized carbons (Fsp3) is 0.391. The molecule has 0 aliphatic heterocycles. The first-order valence-electron chi connectivity index (χ1n) is 10.1. The molecule has 0 N–H and O–H groups in total. The van der Waals surface area contributed by atoms with Crippen molar-refractivity contribution < 1.29 is 0 Å². The number of benzene rings is 1. The number of anilines is 1. The molecule has 0 unspecified atom stereocenters. The van der Waals surface area contributed by atoms with Crippen molar-refractivity contribution in [3.8, 4) is 5.69 Å². The van der Waals surface area contributed by atoms with Crippen molar-refractivity contribution in [2.24, 2.45) is 5.92 Å². The highest BCUT2D eigenvalue weighted by molar-refractivity contribution is 6.30. The Morgan fingerprint density at radius 1 is 1.07 bits per heavy atom. The maximum absolute atomic E-state index is 6.10. The molecule has 1 aliphatic rings. The number of pyridine rings is 1. The lowest BCUT2D eigenvalue weighted by molar-refractivity contribution is 0.309. The average molecular weight is 410 g/mol. The summed E-state index contributed by atoms with van der Waals surface area (Å²) in [6, 6.07) is 12.1. The van der Waals surface area contributed by atoms with E-state index in [9.17, 15) is 0 Å². The van der Waals surface area contributed by atoms with E-state index in [0.717, 1.165) is 52.6 Å². The summed E-state index contributed by atoms with van der Waals surface area (Å²) in [6.07, 6.45) is 6.78. The molecule has 0 atom stereocenters. The second-order valence-corrected chi connectivity index (χ2v) is 8.62. The summed E-state index contributed by atoms with van der Waals surface area (Å²) in [5, 5.41) is 0.737. The van der Waals surface area contributed by atoms with Gasteiger partial charge in [-0.3, -0.25) is 0 Å². The zero-order valence-corrected chi connectivity index (χ0v) is 18.1. The predicted molar refractivity (Wildman–Crippen MR) is 119 cm³/mol. The number of rotatable bonds is 8. The summed E-state index contributed by atoms with van der Waals surface area (Å²) in [7, 11) is 4.24. The minimum absolute atomic E-state index is 0.672. The Kier molecular flexibility index (Phi) is 5.88. The van der Waals surface area contributed by atoms with Gasteiger partial charge in [-0.25, -0.2) is 9.97 Å². The number of aromatic nitrogens is 3. The predicted octanol–water partition coefficient (Wildman–Crippen LogP) is 4.71. The number of aryl methyl sites for hydroxylation is 1. The van der Waals surface area contributed by atoms with Crippen LogP contribution in [0.5, 0.6) is 0 Å². The van der Waals surface area contributed by atoms with Gasteiger partial charge in [-0.05, 0) is 68.6 Å². The molecule has 152 valence electrons. The first-order valence-corrected chi connectivity index (χ1v) is 10.5. The Morgan fingerprint density at radius 2 is 1.83 bits per heavy atom. The molecule has 0 amide bonds. The fourth-order valence-electron chi connectivity index (χ4n) is 3.55. The average Bonchev–Trinajstić information content (AvgIpc) is 3.42. The molecular weight excluding hydrogens is 382 g/mol. The molecule has 4 rings (SSSR count). The van der Waals surface area contributed by atoms with E-state index in [-0.39, 0.29) is 0 Å². The van der Waals surface area contributed by atoms with Gasteiger partial charge >= 0.3 is 0 Å². The van der Waals surface area contributed by atoms with Crippen molar-refractivity contribution >= 4 is 17.4 Å². The lowest BCUT2D eigenvalue weighted by atomic mass is 10.3. The third-order valence-electron chi connectivity index (χ3n) is 5.30. The van der Waals surface area contributed by atoms with E-state index in [1.165, 1.54) is 12.8 Å². The quantitative estimate of drug-likeness (QED) is 0.540. The molecule has 1 aliphatic carbocycles. The topological polar surface area (TPSA) is 37.2 Å². The Bertz CT molecular complexity index is 944. The van der Waals surface area contributed by atoms with Crippen LogP contribution in [-0.2, 0) is 13.1 Å². The Balaban J connectivity index is 1.58. The van der Waals surface area contributed by atoms with E-state index in [2.05, 4.69) is 58.7 Å². The van der Waals surface area contributed by atoms with Crippen molar-refractivity contribution in [3.05, 3.63) is 70.9 Å². The van der Waals surface area contributed by atoms with E-state index in [0.29, 0.717) is 6.54 Å². The molecule has 6 heteroatoms. The van der Waals surface area contributed by atoms with E-state index < -0.39 is 0 Å². The molecule has 1 saturated carbocycles. The highest BCUT2D eigenvalue weighted by Gasteiger charge is 2.23. The summed E-state index contributed by atoms with van der Waals surface area (Å²) in [5.41, 5.74) is 3.31. The normalized spacial score (nSPS) is 13.8. The van der Waals surface area contributed by atoms with Gasteiger partial charge in [-0.2, -0.15) is 0 Å². The van der Waals surface area contributed by atoms with Crippen molar-refractivity contribution in [2.45, 2.75) is 32.9 Å². The van der Waals surface area contributed by atoms with Gasteiger partial charge in [-0.1, -0.05) is 17.7 Å². The minimum Gasteiger partial charge on any atom is -0.352 e.